The topological polar surface area (TPSA) is 33.1 Å². The largest absolute Gasteiger partial charge is 0.439 e. The first-order valence-electron chi connectivity index (χ1n) is 7.55. The number of nitrogens with one attached hydrogen (secondary N) is 1. The van der Waals surface area contributed by atoms with Crippen LogP contribution in [-0.4, -0.2) is 5.90 Å². The van der Waals surface area contributed by atoms with Gasteiger partial charge >= 0.3 is 0 Å². The highest BCUT2D eigenvalue weighted by molar-refractivity contribution is 5.93. The molecule has 0 saturated carbocycles. The lowest BCUT2D eigenvalue weighted by Gasteiger charge is -2.07. The summed E-state index contributed by atoms with van der Waals surface area (Å²) in [7, 11) is 0. The SMILES string of the molecule is CC.CC.Cc1ccc(OC(=N)c2ccc(C)cc2)cc1. The molecular weight excluding hydrogens is 258 g/mol. The lowest BCUT2D eigenvalue weighted by molar-refractivity contribution is 0.547. The normalized spacial score (nSPS) is 8.67. The zero-order chi connectivity index (χ0) is 16.3. The van der Waals surface area contributed by atoms with E-state index in [4.69, 9.17) is 10.1 Å². The predicted molar refractivity (Wildman–Crippen MR) is 92.5 cm³/mol. The van der Waals surface area contributed by atoms with Crippen LogP contribution in [0.15, 0.2) is 48.5 Å². The molecule has 0 aromatic heterocycles. The van der Waals surface area contributed by atoms with Crippen molar-refractivity contribution < 1.29 is 4.74 Å². The van der Waals surface area contributed by atoms with Crippen molar-refractivity contribution in [3.63, 3.8) is 0 Å². The Hall–Kier alpha value is -2.09. The number of hydrogen-bond donors (Lipinski definition) is 1. The Bertz CT molecular complexity index is 512. The third-order valence-corrected chi connectivity index (χ3v) is 2.55. The second kappa shape index (κ2) is 10.7. The van der Waals surface area contributed by atoms with Crippen molar-refractivity contribution >= 4 is 5.90 Å². The van der Waals surface area contributed by atoms with Crippen LogP contribution in [0.1, 0.15) is 44.4 Å². The lowest BCUT2D eigenvalue weighted by Crippen LogP contribution is -2.08. The van der Waals surface area contributed by atoms with Crippen LogP contribution >= 0.6 is 0 Å². The summed E-state index contributed by atoms with van der Waals surface area (Å²) in [5, 5.41) is 7.87. The van der Waals surface area contributed by atoms with Crippen molar-refractivity contribution in [3.8, 4) is 5.75 Å². The van der Waals surface area contributed by atoms with Crippen molar-refractivity contribution in [3.05, 3.63) is 65.2 Å². The molecule has 0 amide bonds. The maximum absolute atomic E-state index is 7.87. The number of aryl methyl sites for hydroxylation is 2. The van der Waals surface area contributed by atoms with E-state index < -0.39 is 0 Å². The molecule has 0 unspecified atom stereocenters. The van der Waals surface area contributed by atoms with Crippen LogP contribution in [0.25, 0.3) is 0 Å². The molecule has 21 heavy (non-hydrogen) atoms. The molecule has 1 N–H and O–H groups in total. The molecule has 2 aromatic carbocycles. The molecule has 0 spiro atoms. The molecular formula is C19H27NO. The smallest absolute Gasteiger partial charge is 0.219 e. The number of hydrogen-bond acceptors (Lipinski definition) is 2. The van der Waals surface area contributed by atoms with E-state index in [2.05, 4.69) is 0 Å². The Labute approximate surface area is 129 Å². The molecule has 0 atom stereocenters. The van der Waals surface area contributed by atoms with E-state index in [0.717, 1.165) is 5.56 Å². The third-order valence-electron chi connectivity index (χ3n) is 2.55. The quantitative estimate of drug-likeness (QED) is 0.552. The molecule has 0 aliphatic rings. The van der Waals surface area contributed by atoms with Gasteiger partial charge in [-0.05, 0) is 38.1 Å². The van der Waals surface area contributed by atoms with E-state index in [9.17, 15) is 0 Å². The number of ether oxygens (including phenoxy) is 1. The first-order valence-corrected chi connectivity index (χ1v) is 7.55. The van der Waals surface area contributed by atoms with Gasteiger partial charge in [-0.15, -0.1) is 0 Å². The van der Waals surface area contributed by atoms with Gasteiger partial charge < -0.3 is 4.74 Å². The summed E-state index contributed by atoms with van der Waals surface area (Å²) >= 11 is 0. The molecule has 0 heterocycles. The van der Waals surface area contributed by atoms with Gasteiger partial charge in [0.1, 0.15) is 5.75 Å². The lowest BCUT2D eigenvalue weighted by atomic mass is 10.1. The van der Waals surface area contributed by atoms with Gasteiger partial charge in [-0.25, -0.2) is 0 Å². The fraction of sp³-hybridized carbons (Fsp3) is 0.316. The molecule has 2 heteroatoms. The molecule has 0 radical (unpaired) electrons. The molecule has 0 aliphatic carbocycles. The maximum atomic E-state index is 7.87. The number of rotatable bonds is 2. The van der Waals surface area contributed by atoms with Crippen LogP contribution in [0.2, 0.25) is 0 Å². The zero-order valence-electron chi connectivity index (χ0n) is 14.0. The van der Waals surface area contributed by atoms with Gasteiger partial charge in [0.15, 0.2) is 0 Å². The monoisotopic (exact) mass is 285 g/mol. The maximum Gasteiger partial charge on any atom is 0.219 e. The van der Waals surface area contributed by atoms with E-state index in [0.29, 0.717) is 5.75 Å². The van der Waals surface area contributed by atoms with E-state index in [-0.39, 0.29) is 5.90 Å². The standard InChI is InChI=1S/C15H15NO.2C2H6/c1-11-3-7-13(8-4-11)15(16)17-14-9-5-12(2)6-10-14;2*1-2/h3-10,16H,1-2H3;2*1-2H3. The molecule has 114 valence electrons. The molecule has 0 saturated heterocycles. The van der Waals surface area contributed by atoms with Gasteiger partial charge in [0.2, 0.25) is 5.90 Å². The summed E-state index contributed by atoms with van der Waals surface area (Å²) in [4.78, 5) is 0. The fourth-order valence-electron chi connectivity index (χ4n) is 1.49. The van der Waals surface area contributed by atoms with Gasteiger partial charge in [0, 0.05) is 5.56 Å². The first-order chi connectivity index (χ1) is 10.1. The van der Waals surface area contributed by atoms with Crippen molar-refractivity contribution in [1.29, 1.82) is 5.41 Å². The van der Waals surface area contributed by atoms with Gasteiger partial charge in [-0.2, -0.15) is 0 Å². The minimum atomic E-state index is 0.175. The minimum Gasteiger partial charge on any atom is -0.439 e. The zero-order valence-corrected chi connectivity index (χ0v) is 14.0. The summed E-state index contributed by atoms with van der Waals surface area (Å²) in [6.07, 6.45) is 0. The third kappa shape index (κ3) is 6.75. The van der Waals surface area contributed by atoms with E-state index in [1.54, 1.807) is 0 Å². The van der Waals surface area contributed by atoms with Gasteiger partial charge in [-0.3, -0.25) is 5.41 Å². The molecule has 0 fully saturated rings. The van der Waals surface area contributed by atoms with Crippen LogP contribution < -0.4 is 4.74 Å². The van der Waals surface area contributed by atoms with Crippen LogP contribution in [0.4, 0.5) is 0 Å². The van der Waals surface area contributed by atoms with E-state index in [1.807, 2.05) is 90.1 Å². The predicted octanol–water partition coefficient (Wildman–Crippen LogP) is 5.76. The highest BCUT2D eigenvalue weighted by Crippen LogP contribution is 2.14. The Morgan fingerprint density at radius 2 is 1.10 bits per heavy atom. The summed E-state index contributed by atoms with van der Waals surface area (Å²) in [5.74, 6) is 0.870. The summed E-state index contributed by atoms with van der Waals surface area (Å²) < 4.78 is 5.48. The summed E-state index contributed by atoms with van der Waals surface area (Å²) in [6.45, 7) is 12.0. The number of benzene rings is 2. The highest BCUT2D eigenvalue weighted by atomic mass is 16.5. The second-order valence-corrected chi connectivity index (χ2v) is 4.11. The van der Waals surface area contributed by atoms with Gasteiger partial charge in [-0.1, -0.05) is 63.1 Å². The van der Waals surface area contributed by atoms with Crippen LogP contribution in [0, 0.1) is 19.3 Å². The van der Waals surface area contributed by atoms with Crippen LogP contribution in [0.3, 0.4) is 0 Å². The van der Waals surface area contributed by atoms with Crippen LogP contribution in [-0.2, 0) is 0 Å². The Morgan fingerprint density at radius 1 is 0.714 bits per heavy atom. The van der Waals surface area contributed by atoms with Crippen molar-refractivity contribution in [2.75, 3.05) is 0 Å². The molecule has 0 bridgehead atoms. The van der Waals surface area contributed by atoms with E-state index in [1.165, 1.54) is 11.1 Å². The molecule has 0 aliphatic heterocycles. The van der Waals surface area contributed by atoms with Crippen LogP contribution in [0.5, 0.6) is 5.75 Å². The van der Waals surface area contributed by atoms with Crippen molar-refractivity contribution in [1.82, 2.24) is 0 Å². The molecule has 2 nitrogen and oxygen atoms in total. The Balaban J connectivity index is 0.000000921. The Kier molecular flexibility index (Phi) is 9.61. The summed E-state index contributed by atoms with van der Waals surface area (Å²) in [5.41, 5.74) is 3.15. The fourth-order valence-corrected chi connectivity index (χ4v) is 1.49. The molecule has 2 aromatic rings. The highest BCUT2D eigenvalue weighted by Gasteiger charge is 2.03. The van der Waals surface area contributed by atoms with Gasteiger partial charge in [0.25, 0.3) is 0 Å². The first kappa shape index (κ1) is 18.9. The molecule has 2 rings (SSSR count). The van der Waals surface area contributed by atoms with Crippen molar-refractivity contribution in [2.24, 2.45) is 0 Å². The average molecular weight is 285 g/mol. The van der Waals surface area contributed by atoms with Crippen molar-refractivity contribution in [2.45, 2.75) is 41.5 Å². The second-order valence-electron chi connectivity index (χ2n) is 4.11. The van der Waals surface area contributed by atoms with E-state index >= 15 is 0 Å². The average Bonchev–Trinajstić information content (AvgIpc) is 2.54. The summed E-state index contributed by atoms with van der Waals surface area (Å²) in [6, 6.07) is 15.4. The Morgan fingerprint density at radius 3 is 1.52 bits per heavy atom. The van der Waals surface area contributed by atoms with Gasteiger partial charge in [0.05, 0.1) is 0 Å². The minimum absolute atomic E-state index is 0.175.